The number of carbonyl (C=O) groups excluding carboxylic acids is 2. The van der Waals surface area contributed by atoms with Crippen molar-refractivity contribution in [2.45, 2.75) is 25.8 Å². The highest BCUT2D eigenvalue weighted by Crippen LogP contribution is 2.33. The molecule has 1 aromatic heterocycles. The van der Waals surface area contributed by atoms with E-state index in [9.17, 15) is 9.59 Å². The second-order valence-electron chi connectivity index (χ2n) is 6.25. The molecule has 1 aliphatic heterocycles. The number of nitrogens with zero attached hydrogens (tertiary/aromatic N) is 2. The fourth-order valence-corrected chi connectivity index (χ4v) is 4.32. The van der Waals surface area contributed by atoms with Crippen molar-refractivity contribution in [1.82, 2.24) is 9.88 Å². The van der Waals surface area contributed by atoms with E-state index in [1.54, 1.807) is 23.1 Å². The maximum Gasteiger partial charge on any atom is 0.255 e. The summed E-state index contributed by atoms with van der Waals surface area (Å²) in [6.07, 6.45) is 2.59. The number of anilines is 1. The number of amides is 2. The van der Waals surface area contributed by atoms with E-state index >= 15 is 0 Å². The number of hydrogen-bond acceptors (Lipinski definition) is 4. The van der Waals surface area contributed by atoms with Gasteiger partial charge in [-0.3, -0.25) is 9.59 Å². The van der Waals surface area contributed by atoms with Gasteiger partial charge < -0.3 is 10.2 Å². The molecule has 1 aliphatic carbocycles. The summed E-state index contributed by atoms with van der Waals surface area (Å²) < 4.78 is 0. The Hall–Kier alpha value is -1.63. The van der Waals surface area contributed by atoms with Crippen LogP contribution < -0.4 is 5.32 Å². The normalized spacial score (nSPS) is 16.5. The molecule has 2 aromatic rings. The predicted octanol–water partition coefficient (Wildman–Crippen LogP) is 4.00. The lowest BCUT2D eigenvalue weighted by molar-refractivity contribution is -0.117. The zero-order valence-electron chi connectivity index (χ0n) is 13.2. The van der Waals surface area contributed by atoms with E-state index in [0.717, 1.165) is 23.4 Å². The summed E-state index contributed by atoms with van der Waals surface area (Å²) >= 11 is 13.5. The van der Waals surface area contributed by atoms with E-state index in [0.29, 0.717) is 40.3 Å². The second kappa shape index (κ2) is 6.59. The molecule has 8 heteroatoms. The Labute approximate surface area is 158 Å². The van der Waals surface area contributed by atoms with Crippen molar-refractivity contribution in [3.8, 4) is 0 Å². The number of rotatable bonds is 3. The van der Waals surface area contributed by atoms with E-state index in [4.69, 9.17) is 23.2 Å². The minimum Gasteiger partial charge on any atom is -0.333 e. The number of hydrogen-bond donors (Lipinski definition) is 1. The third-order valence-electron chi connectivity index (χ3n) is 4.36. The van der Waals surface area contributed by atoms with Gasteiger partial charge in [-0.25, -0.2) is 4.98 Å². The summed E-state index contributed by atoms with van der Waals surface area (Å²) in [5.74, 6) is 0.0716. The predicted molar refractivity (Wildman–Crippen MR) is 98.4 cm³/mol. The monoisotopic (exact) mass is 395 g/mol. The van der Waals surface area contributed by atoms with Gasteiger partial charge in [-0.15, -0.1) is 0 Å². The highest BCUT2D eigenvalue weighted by atomic mass is 35.5. The van der Waals surface area contributed by atoms with Gasteiger partial charge >= 0.3 is 0 Å². The Morgan fingerprint density at radius 1 is 1.28 bits per heavy atom. The van der Waals surface area contributed by atoms with Crippen LogP contribution in [0.25, 0.3) is 0 Å². The molecule has 1 N–H and O–H groups in total. The van der Waals surface area contributed by atoms with Crippen molar-refractivity contribution in [3.63, 3.8) is 0 Å². The molecule has 2 amide bonds. The zero-order valence-corrected chi connectivity index (χ0v) is 15.5. The fraction of sp³-hybridized carbons (Fsp3) is 0.353. The van der Waals surface area contributed by atoms with E-state index in [2.05, 4.69) is 10.3 Å². The van der Waals surface area contributed by atoms with Gasteiger partial charge in [0.1, 0.15) is 0 Å². The molecule has 130 valence electrons. The summed E-state index contributed by atoms with van der Waals surface area (Å²) in [5.41, 5.74) is 1.41. The van der Waals surface area contributed by atoms with Crippen molar-refractivity contribution in [2.75, 3.05) is 11.9 Å². The molecule has 25 heavy (non-hydrogen) atoms. The van der Waals surface area contributed by atoms with Crippen LogP contribution in [0.15, 0.2) is 18.2 Å². The van der Waals surface area contributed by atoms with Crippen LogP contribution in [-0.2, 0) is 17.8 Å². The first-order valence-electron chi connectivity index (χ1n) is 8.05. The highest BCUT2D eigenvalue weighted by Gasteiger charge is 2.31. The third-order valence-corrected chi connectivity index (χ3v) is 5.90. The van der Waals surface area contributed by atoms with Crippen molar-refractivity contribution in [3.05, 3.63) is 44.4 Å². The van der Waals surface area contributed by atoms with E-state index in [1.165, 1.54) is 11.3 Å². The molecular formula is C17H15Cl2N3O2S. The molecule has 0 saturated heterocycles. The summed E-state index contributed by atoms with van der Waals surface area (Å²) in [6, 6.07) is 4.88. The first-order chi connectivity index (χ1) is 12.0. The average Bonchev–Trinajstić information content (AvgIpc) is 3.34. The van der Waals surface area contributed by atoms with Gasteiger partial charge in [-0.1, -0.05) is 34.5 Å². The first kappa shape index (κ1) is 16.8. The van der Waals surface area contributed by atoms with Crippen LogP contribution in [0.3, 0.4) is 0 Å². The summed E-state index contributed by atoms with van der Waals surface area (Å²) in [5, 5.41) is 4.36. The topological polar surface area (TPSA) is 62.3 Å². The molecule has 5 nitrogen and oxygen atoms in total. The lowest BCUT2D eigenvalue weighted by Gasteiger charge is -2.26. The second-order valence-corrected chi connectivity index (χ2v) is 8.18. The van der Waals surface area contributed by atoms with Gasteiger partial charge in [-0.2, -0.15) is 0 Å². The number of thiazole rings is 1. The fourth-order valence-electron chi connectivity index (χ4n) is 2.81. The molecule has 0 spiro atoms. The van der Waals surface area contributed by atoms with Crippen LogP contribution in [0.5, 0.6) is 0 Å². The van der Waals surface area contributed by atoms with E-state index < -0.39 is 0 Å². The number of carbonyl (C=O) groups is 2. The van der Waals surface area contributed by atoms with Gasteiger partial charge in [-0.05, 0) is 31.0 Å². The van der Waals surface area contributed by atoms with Crippen molar-refractivity contribution >= 4 is 51.5 Å². The first-order valence-corrected chi connectivity index (χ1v) is 9.62. The molecule has 1 saturated carbocycles. The molecule has 0 bridgehead atoms. The minimum absolute atomic E-state index is 0.0481. The maximum atomic E-state index is 12.7. The molecule has 4 rings (SSSR count). The molecule has 2 heterocycles. The molecule has 0 atom stereocenters. The van der Waals surface area contributed by atoms with Crippen molar-refractivity contribution < 1.29 is 9.59 Å². The van der Waals surface area contributed by atoms with Crippen LogP contribution in [0.4, 0.5) is 5.13 Å². The van der Waals surface area contributed by atoms with Crippen molar-refractivity contribution in [1.29, 1.82) is 0 Å². The number of aromatic nitrogens is 1. The lowest BCUT2D eigenvalue weighted by Crippen LogP contribution is -2.35. The van der Waals surface area contributed by atoms with Crippen LogP contribution in [0.1, 0.15) is 33.8 Å². The molecule has 0 unspecified atom stereocenters. The average molecular weight is 396 g/mol. The van der Waals surface area contributed by atoms with Crippen LogP contribution in [0, 0.1) is 5.92 Å². The Morgan fingerprint density at radius 3 is 2.80 bits per heavy atom. The molecular weight excluding hydrogens is 381 g/mol. The number of benzene rings is 1. The summed E-state index contributed by atoms with van der Waals surface area (Å²) in [7, 11) is 0. The largest absolute Gasteiger partial charge is 0.333 e. The van der Waals surface area contributed by atoms with Gasteiger partial charge in [0, 0.05) is 28.8 Å². The van der Waals surface area contributed by atoms with Gasteiger partial charge in [0.15, 0.2) is 5.13 Å². The Balaban J connectivity index is 1.49. The Morgan fingerprint density at radius 2 is 2.08 bits per heavy atom. The Bertz CT molecular complexity index is 864. The summed E-state index contributed by atoms with van der Waals surface area (Å²) in [4.78, 5) is 31.9. The lowest BCUT2D eigenvalue weighted by atomic mass is 10.1. The third kappa shape index (κ3) is 3.52. The number of fused-ring (bicyclic) bond motifs is 1. The van der Waals surface area contributed by atoms with Gasteiger partial charge in [0.05, 0.1) is 22.8 Å². The van der Waals surface area contributed by atoms with Crippen LogP contribution in [0.2, 0.25) is 10.0 Å². The SMILES string of the molecule is O=C(Nc1nc2c(s1)CN(C(=O)c1ccc(Cl)cc1Cl)CC2)C1CC1. The Kier molecular flexibility index (Phi) is 4.43. The molecule has 0 radical (unpaired) electrons. The number of halogens is 2. The van der Waals surface area contributed by atoms with Gasteiger partial charge in [0.25, 0.3) is 5.91 Å². The highest BCUT2D eigenvalue weighted by molar-refractivity contribution is 7.15. The maximum absolute atomic E-state index is 12.7. The van der Waals surface area contributed by atoms with Gasteiger partial charge in [0.2, 0.25) is 5.91 Å². The molecule has 2 aliphatic rings. The van der Waals surface area contributed by atoms with Crippen LogP contribution >= 0.6 is 34.5 Å². The molecule has 1 aromatic carbocycles. The van der Waals surface area contributed by atoms with Crippen molar-refractivity contribution in [2.24, 2.45) is 5.92 Å². The summed E-state index contributed by atoms with van der Waals surface area (Å²) in [6.45, 7) is 1.05. The van der Waals surface area contributed by atoms with Crippen LogP contribution in [-0.4, -0.2) is 28.2 Å². The number of nitrogens with one attached hydrogen (secondary N) is 1. The van der Waals surface area contributed by atoms with E-state index in [-0.39, 0.29) is 17.7 Å². The quantitative estimate of drug-likeness (QED) is 0.853. The van der Waals surface area contributed by atoms with E-state index in [1.807, 2.05) is 0 Å². The molecule has 1 fully saturated rings. The standard InChI is InChI=1S/C17H15Cl2N3O2S/c18-10-3-4-11(12(19)7-10)16(24)22-6-5-13-14(8-22)25-17(20-13)21-15(23)9-1-2-9/h3-4,7,9H,1-2,5-6,8H2,(H,20,21,23). The zero-order chi connectivity index (χ0) is 17.6. The minimum atomic E-state index is -0.121. The smallest absolute Gasteiger partial charge is 0.255 e.